The minimum absolute atomic E-state index is 0.198. The molecule has 0 bridgehead atoms. The molecule has 0 fully saturated rings. The number of nitrogens with two attached hydrogens (primary N) is 1. The van der Waals surface area contributed by atoms with Crippen molar-refractivity contribution in [3.8, 4) is 0 Å². The first-order valence-electron chi connectivity index (χ1n) is 6.38. The highest BCUT2D eigenvalue weighted by Crippen LogP contribution is 2.27. The molecule has 0 aliphatic heterocycles. The largest absolute Gasteiger partial charge is 0.326 e. The number of rotatable bonds is 4. The van der Waals surface area contributed by atoms with Gasteiger partial charge in [0.2, 0.25) is 0 Å². The zero-order valence-electron chi connectivity index (χ0n) is 11.3. The molecule has 0 spiro atoms. The minimum Gasteiger partial charge on any atom is -0.326 e. The lowest BCUT2D eigenvalue weighted by molar-refractivity contribution is 0.687. The summed E-state index contributed by atoms with van der Waals surface area (Å²) in [6.07, 6.45) is 0. The first-order chi connectivity index (χ1) is 9.15. The molecule has 2 nitrogen and oxygen atoms in total. The molecule has 19 heavy (non-hydrogen) atoms. The van der Waals surface area contributed by atoms with Gasteiger partial charge >= 0.3 is 0 Å². The lowest BCUT2D eigenvalue weighted by Gasteiger charge is -2.20. The molecule has 2 aromatic carbocycles. The molecule has 0 heterocycles. The molecular weight excluding hydrogens is 300 g/mol. The maximum absolute atomic E-state index is 5.64. The van der Waals surface area contributed by atoms with Crippen LogP contribution < -0.4 is 11.1 Å². The zero-order chi connectivity index (χ0) is 13.8. The van der Waals surface area contributed by atoms with E-state index >= 15 is 0 Å². The molecule has 3 heteroatoms. The Balaban J connectivity index is 2.40. The van der Waals surface area contributed by atoms with Crippen molar-refractivity contribution in [1.29, 1.82) is 0 Å². The summed E-state index contributed by atoms with van der Waals surface area (Å²) in [6.45, 7) is 2.72. The van der Waals surface area contributed by atoms with E-state index in [1.165, 1.54) is 16.7 Å². The molecule has 0 aromatic heterocycles. The van der Waals surface area contributed by atoms with E-state index in [1.807, 2.05) is 7.05 Å². The van der Waals surface area contributed by atoms with Crippen LogP contribution >= 0.6 is 15.9 Å². The monoisotopic (exact) mass is 318 g/mol. The maximum atomic E-state index is 5.64. The SMILES string of the molecule is CNC(c1ccc(CN)cc1)c1cc(Br)ccc1C. The van der Waals surface area contributed by atoms with Crippen LogP contribution in [0.1, 0.15) is 28.3 Å². The van der Waals surface area contributed by atoms with E-state index in [2.05, 4.69) is 70.6 Å². The Morgan fingerprint density at radius 3 is 2.42 bits per heavy atom. The van der Waals surface area contributed by atoms with Crippen molar-refractivity contribution in [1.82, 2.24) is 5.32 Å². The third-order valence-electron chi connectivity index (χ3n) is 3.39. The Kier molecular flexibility index (Phi) is 4.75. The molecule has 1 atom stereocenters. The third kappa shape index (κ3) is 3.24. The molecule has 2 aromatic rings. The molecule has 0 aliphatic carbocycles. The molecule has 100 valence electrons. The van der Waals surface area contributed by atoms with Gasteiger partial charge in [-0.05, 0) is 48.4 Å². The van der Waals surface area contributed by atoms with Gasteiger partial charge in [-0.25, -0.2) is 0 Å². The van der Waals surface area contributed by atoms with Crippen LogP contribution in [0.15, 0.2) is 46.9 Å². The van der Waals surface area contributed by atoms with Crippen molar-refractivity contribution in [3.05, 3.63) is 69.2 Å². The van der Waals surface area contributed by atoms with Gasteiger partial charge in [-0.3, -0.25) is 0 Å². The Labute approximate surface area is 123 Å². The standard InChI is InChI=1S/C16H19BrN2/c1-11-3-8-14(17)9-15(11)16(19-2)13-6-4-12(10-18)5-7-13/h3-9,16,19H,10,18H2,1-2H3. The number of aryl methyl sites for hydroxylation is 1. The summed E-state index contributed by atoms with van der Waals surface area (Å²) >= 11 is 3.54. The second-order valence-corrected chi connectivity index (χ2v) is 5.58. The molecule has 0 radical (unpaired) electrons. The Morgan fingerprint density at radius 2 is 1.84 bits per heavy atom. The highest BCUT2D eigenvalue weighted by Gasteiger charge is 2.14. The number of benzene rings is 2. The molecule has 0 aliphatic rings. The fourth-order valence-corrected chi connectivity index (χ4v) is 2.65. The number of hydrogen-bond donors (Lipinski definition) is 2. The van der Waals surface area contributed by atoms with E-state index in [-0.39, 0.29) is 6.04 Å². The van der Waals surface area contributed by atoms with E-state index in [1.54, 1.807) is 0 Å². The normalized spacial score (nSPS) is 12.4. The van der Waals surface area contributed by atoms with Crippen molar-refractivity contribution in [2.45, 2.75) is 19.5 Å². The van der Waals surface area contributed by atoms with E-state index in [9.17, 15) is 0 Å². The zero-order valence-corrected chi connectivity index (χ0v) is 12.9. The summed E-state index contributed by atoms with van der Waals surface area (Å²) in [4.78, 5) is 0. The van der Waals surface area contributed by atoms with Crippen molar-refractivity contribution >= 4 is 15.9 Å². The number of halogens is 1. The van der Waals surface area contributed by atoms with Crippen LogP contribution in [0.25, 0.3) is 0 Å². The van der Waals surface area contributed by atoms with Crippen molar-refractivity contribution in [3.63, 3.8) is 0 Å². The highest BCUT2D eigenvalue weighted by atomic mass is 79.9. The van der Waals surface area contributed by atoms with E-state index in [0.717, 1.165) is 10.0 Å². The Hall–Kier alpha value is -1.16. The lowest BCUT2D eigenvalue weighted by atomic mass is 9.94. The van der Waals surface area contributed by atoms with Crippen LogP contribution in [-0.4, -0.2) is 7.05 Å². The summed E-state index contributed by atoms with van der Waals surface area (Å²) in [7, 11) is 1.99. The topological polar surface area (TPSA) is 38.0 Å². The van der Waals surface area contributed by atoms with Crippen LogP contribution in [0.5, 0.6) is 0 Å². The molecule has 0 saturated heterocycles. The van der Waals surface area contributed by atoms with Gasteiger partial charge < -0.3 is 11.1 Å². The van der Waals surface area contributed by atoms with Crippen molar-refractivity contribution in [2.24, 2.45) is 5.73 Å². The van der Waals surface area contributed by atoms with E-state index in [0.29, 0.717) is 6.54 Å². The molecular formula is C16H19BrN2. The first kappa shape index (κ1) is 14.3. The fourth-order valence-electron chi connectivity index (χ4n) is 2.27. The maximum Gasteiger partial charge on any atom is 0.0577 e. The summed E-state index contributed by atoms with van der Waals surface area (Å²) in [5.41, 5.74) is 10.6. The average Bonchev–Trinajstić information content (AvgIpc) is 2.44. The van der Waals surface area contributed by atoms with Crippen molar-refractivity contribution in [2.75, 3.05) is 7.05 Å². The lowest BCUT2D eigenvalue weighted by Crippen LogP contribution is -2.18. The minimum atomic E-state index is 0.198. The van der Waals surface area contributed by atoms with Gasteiger partial charge in [0.05, 0.1) is 6.04 Å². The van der Waals surface area contributed by atoms with Gasteiger partial charge in [-0.1, -0.05) is 46.3 Å². The average molecular weight is 319 g/mol. The van der Waals surface area contributed by atoms with Gasteiger partial charge in [0, 0.05) is 11.0 Å². The summed E-state index contributed by atoms with van der Waals surface area (Å²) in [5.74, 6) is 0. The molecule has 0 amide bonds. The van der Waals surface area contributed by atoms with E-state index in [4.69, 9.17) is 5.73 Å². The number of nitrogens with one attached hydrogen (secondary N) is 1. The molecule has 0 saturated carbocycles. The molecule has 3 N–H and O–H groups in total. The summed E-state index contributed by atoms with van der Waals surface area (Å²) < 4.78 is 1.10. The van der Waals surface area contributed by atoms with Gasteiger partial charge in [-0.15, -0.1) is 0 Å². The smallest absolute Gasteiger partial charge is 0.0577 e. The van der Waals surface area contributed by atoms with Gasteiger partial charge in [0.15, 0.2) is 0 Å². The fraction of sp³-hybridized carbons (Fsp3) is 0.250. The Bertz CT molecular complexity index is 549. The second-order valence-electron chi connectivity index (χ2n) is 4.67. The second kappa shape index (κ2) is 6.33. The van der Waals surface area contributed by atoms with Crippen LogP contribution in [-0.2, 0) is 6.54 Å². The van der Waals surface area contributed by atoms with E-state index < -0.39 is 0 Å². The highest BCUT2D eigenvalue weighted by molar-refractivity contribution is 9.10. The predicted octanol–water partition coefficient (Wildman–Crippen LogP) is 3.53. The summed E-state index contributed by atoms with van der Waals surface area (Å²) in [6, 6.07) is 15.0. The third-order valence-corrected chi connectivity index (χ3v) is 3.88. The van der Waals surface area contributed by atoms with Gasteiger partial charge in [0.1, 0.15) is 0 Å². The van der Waals surface area contributed by atoms with Crippen LogP contribution in [0, 0.1) is 6.92 Å². The van der Waals surface area contributed by atoms with Crippen molar-refractivity contribution < 1.29 is 0 Å². The summed E-state index contributed by atoms with van der Waals surface area (Å²) in [5, 5.41) is 3.39. The predicted molar refractivity (Wildman–Crippen MR) is 84.1 cm³/mol. The molecule has 1 unspecified atom stereocenters. The van der Waals surface area contributed by atoms with Crippen LogP contribution in [0.4, 0.5) is 0 Å². The van der Waals surface area contributed by atoms with Crippen LogP contribution in [0.3, 0.4) is 0 Å². The molecule has 2 rings (SSSR count). The van der Waals surface area contributed by atoms with Gasteiger partial charge in [0.25, 0.3) is 0 Å². The quantitative estimate of drug-likeness (QED) is 0.905. The Morgan fingerprint density at radius 1 is 1.16 bits per heavy atom. The van der Waals surface area contributed by atoms with Crippen LogP contribution in [0.2, 0.25) is 0 Å². The first-order valence-corrected chi connectivity index (χ1v) is 7.17. The van der Waals surface area contributed by atoms with Gasteiger partial charge in [-0.2, -0.15) is 0 Å². The number of hydrogen-bond acceptors (Lipinski definition) is 2.